The largest absolute Gasteiger partial charge is 0.393 e. The molecule has 4 heteroatoms. The van der Waals surface area contributed by atoms with Crippen LogP contribution in [0.25, 0.3) is 0 Å². The Labute approximate surface area is 116 Å². The minimum absolute atomic E-state index is 0.00939. The first-order valence-electron chi connectivity index (χ1n) is 7.63. The number of amides is 1. The third kappa shape index (κ3) is 2.79. The van der Waals surface area contributed by atoms with E-state index >= 15 is 0 Å². The van der Waals surface area contributed by atoms with Gasteiger partial charge in [0.15, 0.2) is 0 Å². The van der Waals surface area contributed by atoms with Crippen molar-refractivity contribution in [1.82, 2.24) is 4.90 Å². The molecular formula is C15H27NO3. The Morgan fingerprint density at radius 3 is 2.63 bits per heavy atom. The van der Waals surface area contributed by atoms with Crippen molar-refractivity contribution in [2.24, 2.45) is 11.8 Å². The van der Waals surface area contributed by atoms with Crippen molar-refractivity contribution < 1.29 is 14.6 Å². The number of fused-ring (bicyclic) bond motifs is 2. The van der Waals surface area contributed by atoms with Gasteiger partial charge < -0.3 is 14.7 Å². The van der Waals surface area contributed by atoms with Gasteiger partial charge in [0.25, 0.3) is 0 Å². The van der Waals surface area contributed by atoms with Gasteiger partial charge in [-0.15, -0.1) is 0 Å². The molecule has 4 nitrogen and oxygen atoms in total. The van der Waals surface area contributed by atoms with E-state index in [0.29, 0.717) is 12.6 Å². The zero-order valence-corrected chi connectivity index (χ0v) is 12.3. The molecule has 0 aromatic carbocycles. The molecule has 110 valence electrons. The molecule has 1 N–H and O–H groups in total. The van der Waals surface area contributed by atoms with Crippen molar-refractivity contribution >= 4 is 5.91 Å². The van der Waals surface area contributed by atoms with Crippen LogP contribution < -0.4 is 0 Å². The van der Waals surface area contributed by atoms with Crippen molar-refractivity contribution in [2.75, 3.05) is 13.7 Å². The van der Waals surface area contributed by atoms with Crippen LogP contribution in [0.5, 0.6) is 0 Å². The van der Waals surface area contributed by atoms with Gasteiger partial charge in [0.1, 0.15) is 0 Å². The lowest BCUT2D eigenvalue weighted by molar-refractivity contribution is -0.154. The number of ether oxygens (including phenoxy) is 1. The Bertz CT molecular complexity index is 317. The van der Waals surface area contributed by atoms with Crippen LogP contribution in [0.3, 0.4) is 0 Å². The predicted octanol–water partition coefficient (Wildman–Crippen LogP) is 1.81. The highest BCUT2D eigenvalue weighted by atomic mass is 16.5. The van der Waals surface area contributed by atoms with Crippen LogP contribution in [0.2, 0.25) is 0 Å². The number of hydrogen-bond acceptors (Lipinski definition) is 3. The molecule has 0 radical (unpaired) electrons. The molecule has 2 fully saturated rings. The summed E-state index contributed by atoms with van der Waals surface area (Å²) in [6, 6.07) is 0.313. The van der Waals surface area contributed by atoms with E-state index in [1.807, 2.05) is 4.90 Å². The summed E-state index contributed by atoms with van der Waals surface area (Å²) in [4.78, 5) is 14.6. The van der Waals surface area contributed by atoms with Crippen molar-refractivity contribution in [3.05, 3.63) is 0 Å². The lowest BCUT2D eigenvalue weighted by atomic mass is 9.75. The Kier molecular flexibility index (Phi) is 4.85. The van der Waals surface area contributed by atoms with Crippen molar-refractivity contribution in [2.45, 2.75) is 64.2 Å². The Hall–Kier alpha value is -0.610. The monoisotopic (exact) mass is 269 g/mol. The summed E-state index contributed by atoms with van der Waals surface area (Å²) in [5.74, 6) is 0.627. The predicted molar refractivity (Wildman–Crippen MR) is 73.7 cm³/mol. The number of rotatable bonds is 4. The average molecular weight is 269 g/mol. The fourth-order valence-electron chi connectivity index (χ4n) is 3.72. The van der Waals surface area contributed by atoms with E-state index in [1.54, 1.807) is 7.11 Å². The molecule has 2 aliphatic rings. The van der Waals surface area contributed by atoms with Crippen LogP contribution in [0.15, 0.2) is 0 Å². The fraction of sp³-hybridized carbons (Fsp3) is 0.933. The smallest absolute Gasteiger partial charge is 0.225 e. The molecule has 1 amide bonds. The minimum Gasteiger partial charge on any atom is -0.393 e. The van der Waals surface area contributed by atoms with Crippen molar-refractivity contribution in [3.63, 3.8) is 0 Å². The molecule has 4 atom stereocenters. The number of likely N-dealkylation sites (tertiary alicyclic amines) is 1. The number of carbonyl (C=O) groups is 1. The molecule has 0 spiro atoms. The summed E-state index contributed by atoms with van der Waals surface area (Å²) in [7, 11) is 1.69. The molecule has 0 aromatic heterocycles. The second-order valence-corrected chi connectivity index (χ2v) is 5.98. The molecule has 0 aromatic rings. The van der Waals surface area contributed by atoms with Crippen LogP contribution in [-0.2, 0) is 9.53 Å². The zero-order valence-electron chi connectivity index (χ0n) is 12.3. The molecule has 0 unspecified atom stereocenters. The first-order chi connectivity index (χ1) is 9.12. The molecule has 1 saturated heterocycles. The number of hydrogen-bond donors (Lipinski definition) is 1. The lowest BCUT2D eigenvalue weighted by Gasteiger charge is -2.49. The summed E-state index contributed by atoms with van der Waals surface area (Å²) >= 11 is 0. The number of piperidine rings is 1. The van der Waals surface area contributed by atoms with E-state index in [2.05, 4.69) is 13.8 Å². The molecular weight excluding hydrogens is 242 g/mol. The van der Waals surface area contributed by atoms with Gasteiger partial charge in [-0.3, -0.25) is 4.79 Å². The van der Waals surface area contributed by atoms with Gasteiger partial charge in [-0.1, -0.05) is 13.8 Å². The van der Waals surface area contributed by atoms with Crippen LogP contribution in [0.1, 0.15) is 46.0 Å². The summed E-state index contributed by atoms with van der Waals surface area (Å²) in [5, 5.41) is 10.1. The standard InChI is InChI=1S/C15H27NO3/c1-4-10(5-2)15(18)16-9-14(19-3)12-8-11(16)6-7-13(12)17/h10-14,17H,4-9H2,1-3H3/t11-,12-,13+,14-/m0/s1. The quantitative estimate of drug-likeness (QED) is 0.847. The molecule has 1 heterocycles. The maximum absolute atomic E-state index is 12.6. The van der Waals surface area contributed by atoms with Crippen LogP contribution in [0, 0.1) is 11.8 Å². The fourth-order valence-corrected chi connectivity index (χ4v) is 3.72. The van der Waals surface area contributed by atoms with Gasteiger partial charge in [-0.2, -0.15) is 0 Å². The zero-order chi connectivity index (χ0) is 14.0. The van der Waals surface area contributed by atoms with Crippen LogP contribution in [0.4, 0.5) is 0 Å². The van der Waals surface area contributed by atoms with E-state index in [1.165, 1.54) is 0 Å². The van der Waals surface area contributed by atoms with E-state index in [9.17, 15) is 9.90 Å². The van der Waals surface area contributed by atoms with E-state index in [4.69, 9.17) is 4.74 Å². The third-order valence-corrected chi connectivity index (χ3v) is 5.05. The second kappa shape index (κ2) is 6.23. The first-order valence-corrected chi connectivity index (χ1v) is 7.63. The average Bonchev–Trinajstić information content (AvgIpc) is 2.44. The normalized spacial score (nSPS) is 34.7. The molecule has 2 rings (SSSR count). The molecule has 1 saturated carbocycles. The highest BCUT2D eigenvalue weighted by Gasteiger charge is 2.44. The minimum atomic E-state index is -0.258. The molecule has 19 heavy (non-hydrogen) atoms. The van der Waals surface area contributed by atoms with Crippen LogP contribution in [-0.4, -0.2) is 47.8 Å². The van der Waals surface area contributed by atoms with Gasteiger partial charge in [0.2, 0.25) is 5.91 Å². The van der Waals surface area contributed by atoms with Gasteiger partial charge >= 0.3 is 0 Å². The third-order valence-electron chi connectivity index (χ3n) is 5.05. The van der Waals surface area contributed by atoms with E-state index in [-0.39, 0.29) is 30.0 Å². The number of aliphatic hydroxyl groups is 1. The summed E-state index contributed by atoms with van der Waals surface area (Å²) in [6.45, 7) is 4.81. The topological polar surface area (TPSA) is 49.8 Å². The highest BCUT2D eigenvalue weighted by molar-refractivity contribution is 5.79. The number of methoxy groups -OCH3 is 1. The van der Waals surface area contributed by atoms with Crippen LogP contribution >= 0.6 is 0 Å². The van der Waals surface area contributed by atoms with Gasteiger partial charge in [0, 0.05) is 31.5 Å². The van der Waals surface area contributed by atoms with Crippen molar-refractivity contribution in [3.8, 4) is 0 Å². The lowest BCUT2D eigenvalue weighted by Crippen LogP contribution is -2.59. The Morgan fingerprint density at radius 1 is 1.37 bits per heavy atom. The van der Waals surface area contributed by atoms with Gasteiger partial charge in [-0.25, -0.2) is 0 Å². The first kappa shape index (κ1) is 14.8. The second-order valence-electron chi connectivity index (χ2n) is 5.98. The molecule has 1 aliphatic heterocycles. The van der Waals surface area contributed by atoms with Gasteiger partial charge in [0.05, 0.1) is 12.2 Å². The Balaban J connectivity index is 2.11. The maximum Gasteiger partial charge on any atom is 0.225 e. The SMILES string of the molecule is CCC(CC)C(=O)N1C[C@H](OC)[C@H]2C[C@@H]1CC[C@H]2O. The maximum atomic E-state index is 12.6. The summed E-state index contributed by atoms with van der Waals surface area (Å²) < 4.78 is 5.52. The Morgan fingerprint density at radius 2 is 2.05 bits per heavy atom. The number of carbonyl (C=O) groups excluding carboxylic acids is 1. The van der Waals surface area contributed by atoms with Crippen molar-refractivity contribution in [1.29, 1.82) is 0 Å². The molecule has 1 aliphatic carbocycles. The van der Waals surface area contributed by atoms with E-state index in [0.717, 1.165) is 32.1 Å². The number of nitrogens with zero attached hydrogens (tertiary/aromatic N) is 1. The van der Waals surface area contributed by atoms with Gasteiger partial charge in [-0.05, 0) is 32.1 Å². The summed E-state index contributed by atoms with van der Waals surface area (Å²) in [6.07, 6.45) is 4.16. The summed E-state index contributed by atoms with van der Waals surface area (Å²) in [5.41, 5.74) is 0. The highest BCUT2D eigenvalue weighted by Crippen LogP contribution is 2.37. The number of aliphatic hydroxyl groups excluding tert-OH is 1. The molecule has 2 bridgehead atoms. The van der Waals surface area contributed by atoms with E-state index < -0.39 is 0 Å².